The summed E-state index contributed by atoms with van der Waals surface area (Å²) in [5.74, 6) is -0.894. The summed E-state index contributed by atoms with van der Waals surface area (Å²) in [7, 11) is 0. The van der Waals surface area contributed by atoms with Gasteiger partial charge in [-0.25, -0.2) is 8.78 Å². The first-order chi connectivity index (χ1) is 9.06. The number of aliphatic hydroxyl groups excluding tert-OH is 1. The van der Waals surface area contributed by atoms with Gasteiger partial charge in [-0.05, 0) is 24.6 Å². The molecule has 1 heterocycles. The quantitative estimate of drug-likeness (QED) is 0.909. The fraction of sp³-hybridized carbons (Fsp3) is 0.500. The van der Waals surface area contributed by atoms with Crippen molar-refractivity contribution in [2.75, 3.05) is 19.6 Å². The van der Waals surface area contributed by atoms with Gasteiger partial charge < -0.3 is 10.0 Å². The smallest absolute Gasteiger partial charge is 0.135 e. The van der Waals surface area contributed by atoms with Gasteiger partial charge in [0, 0.05) is 38.0 Å². The Morgan fingerprint density at radius 3 is 2.63 bits per heavy atom. The van der Waals surface area contributed by atoms with Crippen LogP contribution in [0.15, 0.2) is 18.2 Å². The van der Waals surface area contributed by atoms with Crippen LogP contribution in [-0.4, -0.2) is 35.4 Å². The molecule has 1 fully saturated rings. The van der Waals surface area contributed by atoms with E-state index in [4.69, 9.17) is 0 Å². The molecule has 0 spiro atoms. The van der Waals surface area contributed by atoms with Crippen LogP contribution in [-0.2, 0) is 4.79 Å². The van der Waals surface area contributed by atoms with E-state index in [9.17, 15) is 18.7 Å². The number of piperidine rings is 1. The molecule has 0 amide bonds. The molecule has 3 nitrogen and oxygen atoms in total. The number of rotatable bonds is 4. The van der Waals surface area contributed by atoms with Crippen molar-refractivity contribution in [3.63, 3.8) is 0 Å². The number of carbonyl (C=O) groups excluding carboxylic acids is 1. The average molecular weight is 269 g/mol. The number of ketones is 1. The Morgan fingerprint density at radius 1 is 1.26 bits per heavy atom. The van der Waals surface area contributed by atoms with Gasteiger partial charge in [-0.15, -0.1) is 0 Å². The zero-order valence-corrected chi connectivity index (χ0v) is 10.6. The minimum absolute atomic E-state index is 0.00640. The molecule has 1 aromatic carbocycles. The largest absolute Gasteiger partial charge is 0.388 e. The first-order valence-corrected chi connectivity index (χ1v) is 6.43. The lowest BCUT2D eigenvalue weighted by Crippen LogP contribution is -2.35. The monoisotopic (exact) mass is 269 g/mol. The third-order valence-corrected chi connectivity index (χ3v) is 3.45. The molecule has 1 aliphatic heterocycles. The van der Waals surface area contributed by atoms with E-state index in [2.05, 4.69) is 4.90 Å². The maximum Gasteiger partial charge on any atom is 0.135 e. The average Bonchev–Trinajstić information content (AvgIpc) is 2.40. The zero-order chi connectivity index (χ0) is 13.8. The van der Waals surface area contributed by atoms with Crippen molar-refractivity contribution in [3.8, 4) is 0 Å². The molecule has 2 rings (SSSR count). The fourth-order valence-electron chi connectivity index (χ4n) is 2.26. The number of likely N-dealkylation sites (tertiary alicyclic amines) is 1. The number of aliphatic hydroxyl groups is 1. The van der Waals surface area contributed by atoms with Gasteiger partial charge in [0.15, 0.2) is 0 Å². The molecule has 1 saturated heterocycles. The Hall–Kier alpha value is -1.33. The van der Waals surface area contributed by atoms with E-state index in [-0.39, 0.29) is 11.3 Å². The van der Waals surface area contributed by atoms with E-state index < -0.39 is 17.7 Å². The van der Waals surface area contributed by atoms with Crippen LogP contribution in [0.3, 0.4) is 0 Å². The number of hydrogen-bond acceptors (Lipinski definition) is 3. The van der Waals surface area contributed by atoms with E-state index in [0.717, 1.165) is 18.2 Å². The summed E-state index contributed by atoms with van der Waals surface area (Å²) >= 11 is 0. The van der Waals surface area contributed by atoms with Gasteiger partial charge in [0.1, 0.15) is 17.4 Å². The van der Waals surface area contributed by atoms with Crippen LogP contribution >= 0.6 is 0 Å². The Balaban J connectivity index is 1.88. The van der Waals surface area contributed by atoms with Crippen LogP contribution in [0.4, 0.5) is 8.78 Å². The molecule has 1 aromatic rings. The van der Waals surface area contributed by atoms with Gasteiger partial charge in [-0.2, -0.15) is 0 Å². The molecule has 19 heavy (non-hydrogen) atoms. The highest BCUT2D eigenvalue weighted by Crippen LogP contribution is 2.22. The number of hydrogen-bond donors (Lipinski definition) is 1. The van der Waals surface area contributed by atoms with Crippen LogP contribution in [0.2, 0.25) is 0 Å². The van der Waals surface area contributed by atoms with Crippen molar-refractivity contribution in [2.24, 2.45) is 0 Å². The number of halogens is 2. The summed E-state index contributed by atoms with van der Waals surface area (Å²) in [5.41, 5.74) is -0.00640. The molecule has 1 N–H and O–H groups in total. The van der Waals surface area contributed by atoms with Gasteiger partial charge >= 0.3 is 0 Å². The van der Waals surface area contributed by atoms with Gasteiger partial charge in [-0.3, -0.25) is 4.79 Å². The van der Waals surface area contributed by atoms with Crippen molar-refractivity contribution in [2.45, 2.75) is 25.4 Å². The lowest BCUT2D eigenvalue weighted by molar-refractivity contribution is -0.121. The van der Waals surface area contributed by atoms with E-state index in [1.54, 1.807) is 0 Å². The molecule has 0 radical (unpaired) electrons. The van der Waals surface area contributed by atoms with Crippen LogP contribution in [0, 0.1) is 11.6 Å². The first-order valence-electron chi connectivity index (χ1n) is 6.43. The van der Waals surface area contributed by atoms with E-state index in [1.165, 1.54) is 0 Å². The third kappa shape index (κ3) is 3.81. The highest BCUT2D eigenvalue weighted by molar-refractivity contribution is 5.79. The fourth-order valence-corrected chi connectivity index (χ4v) is 2.26. The lowest BCUT2D eigenvalue weighted by atomic mass is 10.0. The molecule has 5 heteroatoms. The summed E-state index contributed by atoms with van der Waals surface area (Å²) in [6.07, 6.45) is 0.372. The molecule has 1 atom stereocenters. The summed E-state index contributed by atoms with van der Waals surface area (Å²) < 4.78 is 26.5. The van der Waals surface area contributed by atoms with Crippen molar-refractivity contribution in [1.82, 2.24) is 4.90 Å². The van der Waals surface area contributed by atoms with Gasteiger partial charge in [0.25, 0.3) is 0 Å². The molecular weight excluding hydrogens is 252 g/mol. The van der Waals surface area contributed by atoms with Gasteiger partial charge in [0.05, 0.1) is 6.10 Å². The topological polar surface area (TPSA) is 40.5 Å². The highest BCUT2D eigenvalue weighted by Gasteiger charge is 2.19. The van der Waals surface area contributed by atoms with Crippen LogP contribution in [0.25, 0.3) is 0 Å². The van der Waals surface area contributed by atoms with Crippen molar-refractivity contribution < 1.29 is 18.7 Å². The second-order valence-corrected chi connectivity index (χ2v) is 4.85. The first kappa shape index (κ1) is 14.1. The summed E-state index contributed by atoms with van der Waals surface area (Å²) in [5, 5.41) is 9.91. The van der Waals surface area contributed by atoms with Crippen molar-refractivity contribution in [3.05, 3.63) is 35.4 Å². The lowest BCUT2D eigenvalue weighted by Gasteiger charge is -2.26. The third-order valence-electron chi connectivity index (χ3n) is 3.45. The van der Waals surface area contributed by atoms with E-state index in [0.29, 0.717) is 38.9 Å². The normalized spacial score (nSPS) is 18.6. The van der Waals surface area contributed by atoms with Gasteiger partial charge in [-0.1, -0.05) is 0 Å². The van der Waals surface area contributed by atoms with Crippen molar-refractivity contribution in [1.29, 1.82) is 0 Å². The molecular formula is C14H17F2NO2. The molecule has 0 saturated carbocycles. The van der Waals surface area contributed by atoms with Gasteiger partial charge in [0.2, 0.25) is 0 Å². The minimum atomic E-state index is -1.02. The predicted octanol–water partition coefficient (Wildman–Crippen LogP) is 2.05. The standard InChI is InChI=1S/C14H17F2NO2/c15-10-1-2-13(16)12(9-10)14(19)5-8-17-6-3-11(18)4-7-17/h1-2,9,14,19H,3-8H2. The number of nitrogens with zero attached hydrogens (tertiary/aromatic N) is 1. The minimum Gasteiger partial charge on any atom is -0.388 e. The number of Topliss-reactive ketones (excluding diaryl/α,β-unsaturated/α-hetero) is 1. The Labute approximate surface area is 110 Å². The van der Waals surface area contributed by atoms with E-state index >= 15 is 0 Å². The summed E-state index contributed by atoms with van der Waals surface area (Å²) in [4.78, 5) is 13.1. The van der Waals surface area contributed by atoms with Crippen LogP contribution < -0.4 is 0 Å². The maximum atomic E-state index is 13.5. The number of benzene rings is 1. The molecule has 104 valence electrons. The number of carbonyl (C=O) groups is 1. The Morgan fingerprint density at radius 2 is 1.95 bits per heavy atom. The predicted molar refractivity (Wildman–Crippen MR) is 66.6 cm³/mol. The molecule has 1 unspecified atom stereocenters. The van der Waals surface area contributed by atoms with Crippen LogP contribution in [0.5, 0.6) is 0 Å². The second-order valence-electron chi connectivity index (χ2n) is 4.85. The highest BCUT2D eigenvalue weighted by atomic mass is 19.1. The Bertz CT molecular complexity index is 455. The second kappa shape index (κ2) is 6.21. The molecule has 0 bridgehead atoms. The van der Waals surface area contributed by atoms with Crippen molar-refractivity contribution >= 4 is 5.78 Å². The van der Waals surface area contributed by atoms with Crippen LogP contribution in [0.1, 0.15) is 30.9 Å². The molecule has 1 aliphatic rings. The maximum absolute atomic E-state index is 13.5. The molecule has 0 aliphatic carbocycles. The summed E-state index contributed by atoms with van der Waals surface area (Å²) in [6.45, 7) is 1.93. The van der Waals surface area contributed by atoms with E-state index in [1.807, 2.05) is 0 Å². The zero-order valence-electron chi connectivity index (χ0n) is 10.6. The SMILES string of the molecule is O=C1CCN(CCC(O)c2cc(F)ccc2F)CC1. The molecule has 0 aromatic heterocycles. The Kier molecular flexibility index (Phi) is 4.61. The summed E-state index contributed by atoms with van der Waals surface area (Å²) in [6, 6.07) is 3.08.